The minimum absolute atomic E-state index is 0.00246. The average Bonchev–Trinajstić information content (AvgIpc) is 2.83. The lowest BCUT2D eigenvalue weighted by Crippen LogP contribution is -2.46. The van der Waals surface area contributed by atoms with E-state index in [0.29, 0.717) is 17.9 Å². The van der Waals surface area contributed by atoms with Crippen molar-refractivity contribution in [3.05, 3.63) is 60.2 Å². The van der Waals surface area contributed by atoms with Gasteiger partial charge in [-0.15, -0.1) is 0 Å². The van der Waals surface area contributed by atoms with Crippen molar-refractivity contribution in [1.82, 2.24) is 10.2 Å². The van der Waals surface area contributed by atoms with Crippen LogP contribution in [-0.2, 0) is 4.79 Å². The lowest BCUT2D eigenvalue weighted by molar-refractivity contribution is -0.129. The highest BCUT2D eigenvalue weighted by atomic mass is 16.5. The zero-order chi connectivity index (χ0) is 22.8. The summed E-state index contributed by atoms with van der Waals surface area (Å²) >= 11 is 0. The zero-order valence-electron chi connectivity index (χ0n) is 19.2. The molecule has 6 nitrogen and oxygen atoms in total. The van der Waals surface area contributed by atoms with Crippen molar-refractivity contribution in [2.24, 2.45) is 5.92 Å². The number of hydrogen-bond donors (Lipinski definition) is 1. The van der Waals surface area contributed by atoms with E-state index in [1.165, 1.54) is 5.69 Å². The molecule has 1 atom stereocenters. The number of rotatable bonds is 10. The number of nitrogens with zero attached hydrogens (tertiary/aromatic N) is 3. The maximum Gasteiger partial charge on any atom is 0.261 e. The van der Waals surface area contributed by atoms with Crippen LogP contribution in [0.15, 0.2) is 54.6 Å². The average molecular weight is 435 g/mol. The molecule has 2 aromatic rings. The second-order valence-electron chi connectivity index (χ2n) is 8.55. The molecule has 1 saturated heterocycles. The topological polar surface area (TPSA) is 68.6 Å². The highest BCUT2D eigenvalue weighted by Crippen LogP contribution is 2.21. The van der Waals surface area contributed by atoms with Crippen molar-refractivity contribution in [1.29, 1.82) is 5.26 Å². The van der Waals surface area contributed by atoms with Crippen LogP contribution in [0.3, 0.4) is 0 Å². The quantitative estimate of drug-likeness (QED) is 0.578. The molecule has 1 heterocycles. The number of benzene rings is 2. The number of carbonyl (C=O) groups is 1. The van der Waals surface area contributed by atoms with E-state index >= 15 is 0 Å². The fourth-order valence-electron chi connectivity index (χ4n) is 3.93. The van der Waals surface area contributed by atoms with Gasteiger partial charge in [0.1, 0.15) is 11.8 Å². The molecule has 0 saturated carbocycles. The van der Waals surface area contributed by atoms with Crippen LogP contribution in [0.5, 0.6) is 5.75 Å². The summed E-state index contributed by atoms with van der Waals surface area (Å²) in [4.78, 5) is 17.6. The summed E-state index contributed by atoms with van der Waals surface area (Å²) < 4.78 is 5.91. The minimum Gasteiger partial charge on any atom is -0.479 e. The Balaban J connectivity index is 1.35. The van der Waals surface area contributed by atoms with Crippen LogP contribution >= 0.6 is 0 Å². The number of para-hydroxylation sites is 2. The molecule has 6 heteroatoms. The first-order valence-corrected chi connectivity index (χ1v) is 11.5. The lowest BCUT2D eigenvalue weighted by Gasteiger charge is -2.36. The maximum absolute atomic E-state index is 12.7. The molecular weight excluding hydrogens is 400 g/mol. The van der Waals surface area contributed by atoms with Crippen LogP contribution in [-0.4, -0.2) is 56.2 Å². The Morgan fingerprint density at radius 1 is 1.03 bits per heavy atom. The monoisotopic (exact) mass is 434 g/mol. The van der Waals surface area contributed by atoms with Gasteiger partial charge in [0, 0.05) is 38.4 Å². The van der Waals surface area contributed by atoms with Crippen molar-refractivity contribution in [3.8, 4) is 11.8 Å². The van der Waals surface area contributed by atoms with Gasteiger partial charge in [0.15, 0.2) is 6.10 Å². The molecule has 1 N–H and O–H groups in total. The van der Waals surface area contributed by atoms with Crippen molar-refractivity contribution in [2.45, 2.75) is 32.8 Å². The normalized spacial score (nSPS) is 15.2. The second kappa shape index (κ2) is 12.1. The Labute approximate surface area is 191 Å². The molecule has 0 aromatic heterocycles. The van der Waals surface area contributed by atoms with Gasteiger partial charge >= 0.3 is 0 Å². The van der Waals surface area contributed by atoms with Crippen LogP contribution < -0.4 is 15.0 Å². The number of nitrogens with one attached hydrogen (secondary N) is 1. The Morgan fingerprint density at radius 3 is 2.41 bits per heavy atom. The van der Waals surface area contributed by atoms with Gasteiger partial charge in [0.05, 0.1) is 5.56 Å². The molecule has 0 aliphatic carbocycles. The van der Waals surface area contributed by atoms with Crippen LogP contribution in [0, 0.1) is 17.2 Å². The van der Waals surface area contributed by atoms with E-state index in [1.54, 1.807) is 18.2 Å². The Bertz CT molecular complexity index is 886. The standard InChI is InChI=1S/C26H34N4O2/c1-21(2)25(32-24-13-7-6-10-22(24)20-27)26(31)28-14-8-9-15-29-16-18-30(19-17-29)23-11-4-3-5-12-23/h3-7,10-13,21,25H,8-9,14-19H2,1-2H3,(H,28,31). The number of hydrogen-bond acceptors (Lipinski definition) is 5. The smallest absolute Gasteiger partial charge is 0.261 e. The van der Waals surface area contributed by atoms with Crippen molar-refractivity contribution >= 4 is 11.6 Å². The van der Waals surface area contributed by atoms with Crippen LogP contribution in [0.2, 0.25) is 0 Å². The highest BCUT2D eigenvalue weighted by molar-refractivity contribution is 5.81. The van der Waals surface area contributed by atoms with Crippen LogP contribution in [0.4, 0.5) is 5.69 Å². The molecule has 0 radical (unpaired) electrons. The van der Waals surface area contributed by atoms with Gasteiger partial charge in [0.2, 0.25) is 0 Å². The van der Waals surface area contributed by atoms with Crippen molar-refractivity contribution < 1.29 is 9.53 Å². The fraction of sp³-hybridized carbons (Fsp3) is 0.462. The van der Waals surface area contributed by atoms with E-state index in [9.17, 15) is 10.1 Å². The lowest BCUT2D eigenvalue weighted by atomic mass is 10.1. The first-order chi connectivity index (χ1) is 15.6. The van der Waals surface area contributed by atoms with Crippen molar-refractivity contribution in [3.63, 3.8) is 0 Å². The molecule has 3 rings (SSSR count). The summed E-state index contributed by atoms with van der Waals surface area (Å²) in [6.07, 6.45) is 1.37. The molecule has 1 aliphatic rings. The third kappa shape index (κ3) is 6.73. The summed E-state index contributed by atoms with van der Waals surface area (Å²) in [6.45, 7) is 9.85. The minimum atomic E-state index is -0.615. The SMILES string of the molecule is CC(C)C(Oc1ccccc1C#N)C(=O)NCCCCN1CCN(c2ccccc2)CC1. The van der Waals surface area contributed by atoms with E-state index in [0.717, 1.165) is 45.6 Å². The zero-order valence-corrected chi connectivity index (χ0v) is 19.2. The number of piperazine rings is 1. The second-order valence-corrected chi connectivity index (χ2v) is 8.55. The van der Waals surface area contributed by atoms with Gasteiger partial charge in [-0.25, -0.2) is 0 Å². The molecule has 1 unspecified atom stereocenters. The van der Waals surface area contributed by atoms with Gasteiger partial charge in [-0.2, -0.15) is 5.26 Å². The van der Waals surface area contributed by atoms with Gasteiger partial charge in [-0.3, -0.25) is 9.69 Å². The molecule has 0 bridgehead atoms. The van der Waals surface area contributed by atoms with Gasteiger partial charge in [0.25, 0.3) is 5.91 Å². The highest BCUT2D eigenvalue weighted by Gasteiger charge is 2.25. The maximum atomic E-state index is 12.7. The van der Waals surface area contributed by atoms with Gasteiger partial charge < -0.3 is 15.0 Å². The molecular formula is C26H34N4O2. The van der Waals surface area contributed by atoms with E-state index in [-0.39, 0.29) is 11.8 Å². The Kier molecular flexibility index (Phi) is 8.94. The van der Waals surface area contributed by atoms with E-state index < -0.39 is 6.10 Å². The molecule has 0 spiro atoms. The number of carbonyl (C=O) groups excluding carboxylic acids is 1. The summed E-state index contributed by atoms with van der Waals surface area (Å²) in [5.41, 5.74) is 1.74. The molecule has 1 aliphatic heterocycles. The van der Waals surface area contributed by atoms with Crippen LogP contribution in [0.1, 0.15) is 32.3 Å². The number of anilines is 1. The van der Waals surface area contributed by atoms with E-state index in [4.69, 9.17) is 4.74 Å². The first-order valence-electron chi connectivity index (χ1n) is 11.5. The summed E-state index contributed by atoms with van der Waals surface area (Å²) in [5.74, 6) is 0.338. The number of amides is 1. The molecule has 170 valence electrons. The Hall–Kier alpha value is -3.04. The summed E-state index contributed by atoms with van der Waals surface area (Å²) in [5, 5.41) is 12.3. The first kappa shape index (κ1) is 23.6. The van der Waals surface area contributed by atoms with E-state index in [1.807, 2.05) is 19.9 Å². The number of nitriles is 1. The van der Waals surface area contributed by atoms with E-state index in [2.05, 4.69) is 51.5 Å². The molecule has 32 heavy (non-hydrogen) atoms. The predicted octanol–water partition coefficient (Wildman–Crippen LogP) is 3.68. The van der Waals surface area contributed by atoms with Gasteiger partial charge in [-0.1, -0.05) is 44.2 Å². The fourth-order valence-corrected chi connectivity index (χ4v) is 3.93. The predicted molar refractivity (Wildman–Crippen MR) is 128 cm³/mol. The largest absolute Gasteiger partial charge is 0.479 e. The van der Waals surface area contributed by atoms with Gasteiger partial charge in [-0.05, 0) is 49.6 Å². The third-order valence-corrected chi connectivity index (χ3v) is 5.82. The number of ether oxygens (including phenoxy) is 1. The summed E-state index contributed by atoms with van der Waals surface area (Å²) in [7, 11) is 0. The molecule has 1 fully saturated rings. The Morgan fingerprint density at radius 2 is 1.72 bits per heavy atom. The number of unbranched alkanes of at least 4 members (excludes halogenated alkanes) is 1. The van der Waals surface area contributed by atoms with Crippen LogP contribution in [0.25, 0.3) is 0 Å². The summed E-state index contributed by atoms with van der Waals surface area (Å²) in [6, 6.07) is 19.7. The molecule has 2 aromatic carbocycles. The molecule has 1 amide bonds. The van der Waals surface area contributed by atoms with Crippen molar-refractivity contribution in [2.75, 3.05) is 44.2 Å². The third-order valence-electron chi connectivity index (χ3n) is 5.82.